The van der Waals surface area contributed by atoms with Gasteiger partial charge in [-0.3, -0.25) is 14.9 Å². The highest BCUT2D eigenvalue weighted by molar-refractivity contribution is 5.96. The number of nitrogens with one attached hydrogen (secondary N) is 1. The lowest BCUT2D eigenvalue weighted by atomic mass is 10.1. The van der Waals surface area contributed by atoms with Gasteiger partial charge in [-0.25, -0.2) is 0 Å². The van der Waals surface area contributed by atoms with Gasteiger partial charge in [0.25, 0.3) is 5.69 Å². The molecule has 3 rings (SSSR count). The van der Waals surface area contributed by atoms with E-state index in [1.807, 2.05) is 0 Å². The molecule has 2 unspecified atom stereocenters. The van der Waals surface area contributed by atoms with Crippen molar-refractivity contribution in [2.75, 3.05) is 5.32 Å². The van der Waals surface area contributed by atoms with E-state index in [1.165, 1.54) is 12.1 Å². The molecule has 1 fully saturated rings. The second kappa shape index (κ2) is 8.17. The van der Waals surface area contributed by atoms with E-state index >= 15 is 0 Å². The number of allylic oxidation sites excluding steroid dienone is 4. The van der Waals surface area contributed by atoms with Crippen LogP contribution in [0, 0.1) is 27.9 Å². The number of carbonyl (C=O) groups is 1. The molecule has 0 aliphatic heterocycles. The van der Waals surface area contributed by atoms with E-state index in [-0.39, 0.29) is 28.9 Å². The average molecular weight is 356 g/mol. The van der Waals surface area contributed by atoms with Gasteiger partial charge in [0.2, 0.25) is 5.91 Å². The zero-order valence-electron chi connectivity index (χ0n) is 14.6. The van der Waals surface area contributed by atoms with Crippen molar-refractivity contribution in [2.24, 2.45) is 17.8 Å². The summed E-state index contributed by atoms with van der Waals surface area (Å²) in [5.74, 6) is 0.303. The first-order valence-corrected chi connectivity index (χ1v) is 9.16. The van der Waals surface area contributed by atoms with Crippen molar-refractivity contribution in [2.45, 2.75) is 38.5 Å². The smallest absolute Gasteiger partial charge is 0.273 e. The van der Waals surface area contributed by atoms with Gasteiger partial charge in [-0.2, -0.15) is 0 Å². The molecule has 6 heteroatoms. The van der Waals surface area contributed by atoms with Gasteiger partial charge in [0, 0.05) is 12.0 Å². The van der Waals surface area contributed by atoms with E-state index in [1.54, 1.807) is 0 Å². The summed E-state index contributed by atoms with van der Waals surface area (Å²) in [6.45, 7) is 0. The van der Waals surface area contributed by atoms with Crippen LogP contribution in [0.3, 0.4) is 0 Å². The van der Waals surface area contributed by atoms with Crippen LogP contribution in [-0.4, -0.2) is 15.9 Å². The number of nitro benzene ring substituents is 1. The molecule has 1 saturated carbocycles. The number of nitro groups is 1. The maximum absolute atomic E-state index is 12.7. The number of phenolic OH excluding ortho intramolecular Hbond substituents is 1. The minimum atomic E-state index is -0.577. The second-order valence-corrected chi connectivity index (χ2v) is 6.98. The number of hydrogen-bond donors (Lipinski definition) is 2. The summed E-state index contributed by atoms with van der Waals surface area (Å²) >= 11 is 0. The Bertz CT molecular complexity index is 717. The van der Waals surface area contributed by atoms with E-state index in [0.29, 0.717) is 11.8 Å². The molecule has 0 spiro atoms. The Morgan fingerprint density at radius 3 is 2.15 bits per heavy atom. The SMILES string of the molecule is O=C(Nc1ccc([N+](=O)[O-])cc1O)C1C2CC/C=C\CC/C=C\CCC21. The van der Waals surface area contributed by atoms with Crippen molar-refractivity contribution < 1.29 is 14.8 Å². The standard InChI is InChI=1S/C20H24N2O4/c23-18-13-14(22(25)26)11-12-17(18)21-20(24)19-15-9-7-5-3-1-2-4-6-8-10-16(15)19/h3-6,11-13,15-16,19,23H,1-2,7-10H2,(H,21,24)/b5-3-,6-4-. The molecule has 0 heterocycles. The predicted molar refractivity (Wildman–Crippen MR) is 99.8 cm³/mol. The number of fused-ring (bicyclic) bond motifs is 1. The molecule has 6 nitrogen and oxygen atoms in total. The molecule has 1 amide bonds. The fourth-order valence-electron chi connectivity index (χ4n) is 3.82. The van der Waals surface area contributed by atoms with Crippen LogP contribution in [0.1, 0.15) is 38.5 Å². The summed E-state index contributed by atoms with van der Waals surface area (Å²) in [6.07, 6.45) is 14.9. The van der Waals surface area contributed by atoms with Crippen LogP contribution in [0.5, 0.6) is 5.75 Å². The van der Waals surface area contributed by atoms with Crippen LogP contribution in [0.15, 0.2) is 42.5 Å². The number of phenols is 1. The number of aromatic hydroxyl groups is 1. The lowest BCUT2D eigenvalue weighted by molar-refractivity contribution is -0.384. The molecule has 0 bridgehead atoms. The molecule has 138 valence electrons. The Hall–Kier alpha value is -2.63. The predicted octanol–water partition coefficient (Wildman–Crippen LogP) is 4.57. The zero-order chi connectivity index (χ0) is 18.5. The summed E-state index contributed by atoms with van der Waals surface area (Å²) in [6, 6.07) is 3.72. The Morgan fingerprint density at radius 1 is 1.04 bits per heavy atom. The van der Waals surface area contributed by atoms with Gasteiger partial charge in [-0.05, 0) is 56.4 Å². The Morgan fingerprint density at radius 2 is 1.62 bits per heavy atom. The molecule has 2 atom stereocenters. The number of carbonyl (C=O) groups excluding carboxylic acids is 1. The normalized spacial score (nSPS) is 27.9. The third kappa shape index (κ3) is 4.31. The lowest BCUT2D eigenvalue weighted by Crippen LogP contribution is -2.16. The van der Waals surface area contributed by atoms with Crippen LogP contribution in [0.2, 0.25) is 0 Å². The van der Waals surface area contributed by atoms with Crippen molar-refractivity contribution in [3.05, 3.63) is 52.6 Å². The number of benzene rings is 1. The molecule has 2 aliphatic rings. The van der Waals surface area contributed by atoms with Crippen molar-refractivity contribution in [1.82, 2.24) is 0 Å². The number of rotatable bonds is 3. The Labute approximate surface area is 152 Å². The van der Waals surface area contributed by atoms with Gasteiger partial charge in [-0.15, -0.1) is 0 Å². The topological polar surface area (TPSA) is 92.5 Å². The third-order valence-corrected chi connectivity index (χ3v) is 5.25. The molecular weight excluding hydrogens is 332 g/mol. The fraction of sp³-hybridized carbons (Fsp3) is 0.450. The minimum Gasteiger partial charge on any atom is -0.506 e. The van der Waals surface area contributed by atoms with Crippen LogP contribution in [0.4, 0.5) is 11.4 Å². The molecule has 0 aromatic heterocycles. The Balaban J connectivity index is 1.65. The highest BCUT2D eigenvalue weighted by Gasteiger charge is 2.52. The zero-order valence-corrected chi connectivity index (χ0v) is 14.6. The van der Waals surface area contributed by atoms with E-state index in [2.05, 4.69) is 29.6 Å². The largest absolute Gasteiger partial charge is 0.506 e. The highest BCUT2D eigenvalue weighted by Crippen LogP contribution is 2.52. The van der Waals surface area contributed by atoms with Gasteiger partial charge >= 0.3 is 0 Å². The van der Waals surface area contributed by atoms with Crippen LogP contribution in [0.25, 0.3) is 0 Å². The first-order chi connectivity index (χ1) is 12.6. The first kappa shape index (κ1) is 18.2. The molecule has 0 radical (unpaired) electrons. The Kier molecular flexibility index (Phi) is 5.71. The summed E-state index contributed by atoms with van der Waals surface area (Å²) in [5, 5.41) is 23.4. The van der Waals surface area contributed by atoms with Crippen LogP contribution >= 0.6 is 0 Å². The molecule has 1 aromatic rings. The van der Waals surface area contributed by atoms with E-state index < -0.39 is 4.92 Å². The fourth-order valence-corrected chi connectivity index (χ4v) is 3.82. The molecular formula is C20H24N2O4. The first-order valence-electron chi connectivity index (χ1n) is 9.16. The minimum absolute atomic E-state index is 0.0489. The maximum atomic E-state index is 12.7. The van der Waals surface area contributed by atoms with Crippen LogP contribution < -0.4 is 5.32 Å². The molecule has 2 aliphatic carbocycles. The van der Waals surface area contributed by atoms with Gasteiger partial charge in [0.15, 0.2) is 0 Å². The van der Waals surface area contributed by atoms with Crippen molar-refractivity contribution in [3.8, 4) is 5.75 Å². The molecule has 0 saturated heterocycles. The quantitative estimate of drug-likeness (QED) is 0.359. The van der Waals surface area contributed by atoms with Crippen molar-refractivity contribution in [1.29, 1.82) is 0 Å². The monoisotopic (exact) mass is 356 g/mol. The van der Waals surface area contributed by atoms with Crippen molar-refractivity contribution >= 4 is 17.3 Å². The number of hydrogen-bond acceptors (Lipinski definition) is 4. The highest BCUT2D eigenvalue weighted by atomic mass is 16.6. The number of nitrogens with zero attached hydrogens (tertiary/aromatic N) is 1. The van der Waals surface area contributed by atoms with Gasteiger partial charge in [0.05, 0.1) is 16.7 Å². The summed E-state index contributed by atoms with van der Waals surface area (Å²) in [5.41, 5.74) is 0.0227. The van der Waals surface area contributed by atoms with Gasteiger partial charge < -0.3 is 10.4 Å². The summed E-state index contributed by atoms with van der Waals surface area (Å²) in [7, 11) is 0. The molecule has 26 heavy (non-hydrogen) atoms. The lowest BCUT2D eigenvalue weighted by Gasteiger charge is -2.07. The number of anilines is 1. The summed E-state index contributed by atoms with van der Waals surface area (Å²) < 4.78 is 0. The van der Waals surface area contributed by atoms with E-state index in [4.69, 9.17) is 0 Å². The number of non-ortho nitro benzene ring substituents is 1. The second-order valence-electron chi connectivity index (χ2n) is 6.98. The van der Waals surface area contributed by atoms with E-state index in [9.17, 15) is 20.0 Å². The van der Waals surface area contributed by atoms with E-state index in [0.717, 1.165) is 44.6 Å². The number of amides is 1. The van der Waals surface area contributed by atoms with Gasteiger partial charge in [0.1, 0.15) is 5.75 Å². The summed E-state index contributed by atoms with van der Waals surface area (Å²) in [4.78, 5) is 22.8. The van der Waals surface area contributed by atoms with Crippen molar-refractivity contribution in [3.63, 3.8) is 0 Å². The maximum Gasteiger partial charge on any atom is 0.273 e. The molecule has 1 aromatic carbocycles. The van der Waals surface area contributed by atoms with Crippen LogP contribution in [-0.2, 0) is 4.79 Å². The third-order valence-electron chi connectivity index (χ3n) is 5.25. The average Bonchev–Trinajstić information content (AvgIpc) is 3.29. The van der Waals surface area contributed by atoms with Gasteiger partial charge in [-0.1, -0.05) is 24.3 Å². The molecule has 2 N–H and O–H groups in total.